The number of nitrogens with zero attached hydrogens (tertiary/aromatic N) is 2. The molecule has 1 heterocycles. The van der Waals surface area contributed by atoms with E-state index in [4.69, 9.17) is 0 Å². The van der Waals surface area contributed by atoms with E-state index in [1.54, 1.807) is 18.2 Å². The van der Waals surface area contributed by atoms with Gasteiger partial charge in [-0.1, -0.05) is 6.08 Å². The summed E-state index contributed by atoms with van der Waals surface area (Å²) >= 11 is 0. The lowest BCUT2D eigenvalue weighted by atomic mass is 10.3. The van der Waals surface area contributed by atoms with Gasteiger partial charge in [0.15, 0.2) is 5.69 Å². The minimum absolute atomic E-state index is 0.148. The first kappa shape index (κ1) is 10.6. The summed E-state index contributed by atoms with van der Waals surface area (Å²) < 4.78 is 0. The van der Waals surface area contributed by atoms with Crippen molar-refractivity contribution in [3.8, 4) is 0 Å². The van der Waals surface area contributed by atoms with Gasteiger partial charge in [0.05, 0.1) is 0 Å². The number of hydrogen-bond acceptors (Lipinski definition) is 4. The molecule has 0 unspecified atom stereocenters. The summed E-state index contributed by atoms with van der Waals surface area (Å²) in [5.41, 5.74) is 0.357. The molecule has 0 saturated heterocycles. The van der Waals surface area contributed by atoms with Crippen LogP contribution in [-0.4, -0.2) is 28.7 Å². The summed E-state index contributed by atoms with van der Waals surface area (Å²) in [5, 5.41) is 13.6. The van der Waals surface area contributed by atoms with Gasteiger partial charge in [0.25, 0.3) is 5.91 Å². The van der Waals surface area contributed by atoms with Crippen LogP contribution in [0.4, 0.5) is 5.82 Å². The highest BCUT2D eigenvalue weighted by Gasteiger charge is 2.24. The molecule has 84 valence electrons. The zero-order chi connectivity index (χ0) is 11.4. The summed E-state index contributed by atoms with van der Waals surface area (Å²) in [7, 11) is 0. The van der Waals surface area contributed by atoms with Crippen LogP contribution >= 0.6 is 0 Å². The van der Waals surface area contributed by atoms with Gasteiger partial charge in [-0.25, -0.2) is 0 Å². The van der Waals surface area contributed by atoms with Gasteiger partial charge in [-0.2, -0.15) is 0 Å². The van der Waals surface area contributed by atoms with E-state index in [1.165, 1.54) is 0 Å². The summed E-state index contributed by atoms with van der Waals surface area (Å²) in [5.74, 6) is 0.494. The molecule has 0 aliphatic heterocycles. The van der Waals surface area contributed by atoms with Gasteiger partial charge in [0, 0.05) is 12.6 Å². The largest absolute Gasteiger partial charge is 0.365 e. The monoisotopic (exact) mass is 218 g/mol. The van der Waals surface area contributed by atoms with Crippen molar-refractivity contribution in [2.45, 2.75) is 18.9 Å². The van der Waals surface area contributed by atoms with Crippen LogP contribution < -0.4 is 10.6 Å². The molecular formula is C11H14N4O. The highest BCUT2D eigenvalue weighted by molar-refractivity contribution is 5.92. The van der Waals surface area contributed by atoms with Crippen molar-refractivity contribution in [3.63, 3.8) is 0 Å². The smallest absolute Gasteiger partial charge is 0.272 e. The Bertz CT molecular complexity index is 383. The molecule has 1 amide bonds. The number of hydrogen-bond donors (Lipinski definition) is 2. The van der Waals surface area contributed by atoms with Crippen molar-refractivity contribution < 1.29 is 4.79 Å². The molecule has 1 aromatic heterocycles. The highest BCUT2D eigenvalue weighted by atomic mass is 16.2. The molecule has 1 aromatic rings. The Morgan fingerprint density at radius 2 is 2.31 bits per heavy atom. The Hall–Kier alpha value is -1.91. The number of amides is 1. The van der Waals surface area contributed by atoms with E-state index in [9.17, 15) is 4.79 Å². The molecule has 1 fully saturated rings. The molecule has 0 radical (unpaired) electrons. The van der Waals surface area contributed by atoms with E-state index in [0.29, 0.717) is 24.1 Å². The predicted octanol–water partition coefficient (Wildman–Crippen LogP) is 0.967. The Labute approximate surface area is 94.0 Å². The van der Waals surface area contributed by atoms with E-state index in [1.807, 2.05) is 0 Å². The number of carbonyl (C=O) groups excluding carboxylic acids is 1. The molecule has 16 heavy (non-hydrogen) atoms. The fraction of sp³-hybridized carbons (Fsp3) is 0.364. The van der Waals surface area contributed by atoms with Gasteiger partial charge in [0.1, 0.15) is 5.82 Å². The van der Waals surface area contributed by atoms with E-state index in [2.05, 4.69) is 27.4 Å². The van der Waals surface area contributed by atoms with Gasteiger partial charge < -0.3 is 10.6 Å². The van der Waals surface area contributed by atoms with Crippen LogP contribution in [0.15, 0.2) is 24.8 Å². The number of carbonyl (C=O) groups is 1. The first-order valence-electron chi connectivity index (χ1n) is 5.29. The molecule has 0 spiro atoms. The maximum atomic E-state index is 11.6. The van der Waals surface area contributed by atoms with Gasteiger partial charge in [0.2, 0.25) is 0 Å². The van der Waals surface area contributed by atoms with Gasteiger partial charge in [-0.15, -0.1) is 16.8 Å². The Morgan fingerprint density at radius 3 is 2.88 bits per heavy atom. The van der Waals surface area contributed by atoms with Crippen LogP contribution in [-0.2, 0) is 0 Å². The molecule has 5 heteroatoms. The van der Waals surface area contributed by atoms with Crippen molar-refractivity contribution in [1.29, 1.82) is 0 Å². The normalized spacial score (nSPS) is 14.2. The first-order valence-corrected chi connectivity index (χ1v) is 5.29. The Kier molecular flexibility index (Phi) is 3.14. The second-order valence-electron chi connectivity index (χ2n) is 3.72. The number of rotatable bonds is 5. The molecule has 1 aliphatic rings. The van der Waals surface area contributed by atoms with E-state index in [-0.39, 0.29) is 5.91 Å². The average Bonchev–Trinajstić information content (AvgIpc) is 3.11. The molecule has 0 aromatic carbocycles. The van der Waals surface area contributed by atoms with Crippen LogP contribution in [0, 0.1) is 0 Å². The van der Waals surface area contributed by atoms with Crippen molar-refractivity contribution in [2.24, 2.45) is 0 Å². The second kappa shape index (κ2) is 4.74. The fourth-order valence-corrected chi connectivity index (χ4v) is 1.21. The number of anilines is 1. The first-order chi connectivity index (χ1) is 7.79. The summed E-state index contributed by atoms with van der Waals surface area (Å²) in [4.78, 5) is 11.6. The molecular weight excluding hydrogens is 204 g/mol. The number of aromatic nitrogens is 2. The molecule has 1 aliphatic carbocycles. The van der Waals surface area contributed by atoms with E-state index < -0.39 is 0 Å². The minimum atomic E-state index is -0.148. The zero-order valence-electron chi connectivity index (χ0n) is 8.94. The van der Waals surface area contributed by atoms with Crippen LogP contribution in [0.25, 0.3) is 0 Å². The lowest BCUT2D eigenvalue weighted by Crippen LogP contribution is -2.26. The summed E-state index contributed by atoms with van der Waals surface area (Å²) in [6.45, 7) is 4.21. The van der Waals surface area contributed by atoms with Crippen molar-refractivity contribution in [3.05, 3.63) is 30.5 Å². The van der Waals surface area contributed by atoms with Gasteiger partial charge in [-0.05, 0) is 25.0 Å². The lowest BCUT2D eigenvalue weighted by molar-refractivity contribution is 0.0945. The van der Waals surface area contributed by atoms with Crippen LogP contribution in [0.3, 0.4) is 0 Å². The SMILES string of the molecule is C=CCNc1ccc(C(=O)NC2CC2)nn1. The second-order valence-corrected chi connectivity index (χ2v) is 3.72. The van der Waals surface area contributed by atoms with Crippen molar-refractivity contribution in [1.82, 2.24) is 15.5 Å². The van der Waals surface area contributed by atoms with Crippen LogP contribution in [0.2, 0.25) is 0 Å². The lowest BCUT2D eigenvalue weighted by Gasteiger charge is -2.03. The van der Waals surface area contributed by atoms with E-state index >= 15 is 0 Å². The fourth-order valence-electron chi connectivity index (χ4n) is 1.21. The predicted molar refractivity (Wildman–Crippen MR) is 61.2 cm³/mol. The molecule has 0 atom stereocenters. The highest BCUT2D eigenvalue weighted by Crippen LogP contribution is 2.19. The van der Waals surface area contributed by atoms with Crippen molar-refractivity contribution in [2.75, 3.05) is 11.9 Å². The topological polar surface area (TPSA) is 66.9 Å². The maximum absolute atomic E-state index is 11.6. The Morgan fingerprint density at radius 1 is 1.50 bits per heavy atom. The third-order valence-electron chi connectivity index (χ3n) is 2.24. The standard InChI is InChI=1S/C11H14N4O/c1-2-7-12-10-6-5-9(14-15-10)11(16)13-8-3-4-8/h2,5-6,8H,1,3-4,7H2,(H,12,15)(H,13,16). The molecule has 2 N–H and O–H groups in total. The minimum Gasteiger partial charge on any atom is -0.365 e. The number of nitrogens with one attached hydrogen (secondary N) is 2. The molecule has 5 nitrogen and oxygen atoms in total. The molecule has 1 saturated carbocycles. The van der Waals surface area contributed by atoms with E-state index in [0.717, 1.165) is 12.8 Å². The zero-order valence-corrected chi connectivity index (χ0v) is 8.94. The molecule has 0 bridgehead atoms. The third-order valence-corrected chi connectivity index (χ3v) is 2.24. The van der Waals surface area contributed by atoms with Gasteiger partial charge >= 0.3 is 0 Å². The van der Waals surface area contributed by atoms with Crippen LogP contribution in [0.5, 0.6) is 0 Å². The molecule has 2 rings (SSSR count). The third kappa shape index (κ3) is 2.79. The average molecular weight is 218 g/mol. The van der Waals surface area contributed by atoms with Crippen molar-refractivity contribution >= 4 is 11.7 Å². The summed E-state index contributed by atoms with van der Waals surface area (Å²) in [6, 6.07) is 3.74. The maximum Gasteiger partial charge on any atom is 0.272 e. The summed E-state index contributed by atoms with van der Waals surface area (Å²) in [6.07, 6.45) is 3.87. The van der Waals surface area contributed by atoms with Gasteiger partial charge in [-0.3, -0.25) is 4.79 Å². The Balaban J connectivity index is 1.94. The van der Waals surface area contributed by atoms with Crippen LogP contribution in [0.1, 0.15) is 23.3 Å². The quantitative estimate of drug-likeness (QED) is 0.722.